The maximum atomic E-state index is 13.4. The summed E-state index contributed by atoms with van der Waals surface area (Å²) in [5.41, 5.74) is 3.07. The normalized spacial score (nSPS) is 12.6. The summed E-state index contributed by atoms with van der Waals surface area (Å²) in [4.78, 5) is 13.1. The maximum Gasteiger partial charge on any atom is 0.289 e. The molecule has 0 aliphatic carbocycles. The Morgan fingerprint density at radius 3 is 2.61 bits per heavy atom. The van der Waals surface area contributed by atoms with E-state index in [1.807, 2.05) is 36.0 Å². The Bertz CT molecular complexity index is 1400. The summed E-state index contributed by atoms with van der Waals surface area (Å²) in [5, 5.41) is 7.74. The summed E-state index contributed by atoms with van der Waals surface area (Å²) in [7, 11) is 0. The third-order valence-electron chi connectivity index (χ3n) is 5.45. The van der Waals surface area contributed by atoms with Gasteiger partial charge < -0.3 is 20.1 Å². The molecule has 0 fully saturated rings. The second-order valence-corrected chi connectivity index (χ2v) is 9.80. The van der Waals surface area contributed by atoms with Crippen LogP contribution in [0.25, 0.3) is 10.9 Å². The predicted octanol–water partition coefficient (Wildman–Crippen LogP) is 7.30. The number of rotatable bonds is 7. The molecule has 4 aromatic rings. The van der Waals surface area contributed by atoms with Crippen LogP contribution in [0.1, 0.15) is 18.9 Å². The number of hydrogen-bond donors (Lipinski definition) is 2. The second kappa shape index (κ2) is 13.8. The van der Waals surface area contributed by atoms with Crippen LogP contribution >= 0.6 is 23.4 Å². The third-order valence-corrected chi connectivity index (χ3v) is 6.32. The number of aromatic nitrogens is 2. The summed E-state index contributed by atoms with van der Waals surface area (Å²) in [6, 6.07) is 17.9. The third kappa shape index (κ3) is 7.72. The Morgan fingerprint density at radius 1 is 1.05 bits per heavy atom. The van der Waals surface area contributed by atoms with Crippen molar-refractivity contribution in [3.8, 4) is 5.75 Å². The number of nitrogens with one attached hydrogen (secondary N) is 2. The fraction of sp³-hybridized carbons (Fsp3) is 0.250. The van der Waals surface area contributed by atoms with E-state index in [0.717, 1.165) is 40.8 Å². The number of ether oxygens (including phenoxy) is 2. The lowest BCUT2D eigenvalue weighted by molar-refractivity contribution is 0.282. The molecule has 2 heterocycles. The Kier molecular flexibility index (Phi) is 10.0. The first-order valence-corrected chi connectivity index (χ1v) is 13.9. The van der Waals surface area contributed by atoms with E-state index < -0.39 is 0 Å². The van der Waals surface area contributed by atoms with Gasteiger partial charge in [-0.25, -0.2) is 19.4 Å². The maximum absolute atomic E-state index is 13.4. The Morgan fingerprint density at radius 2 is 1.87 bits per heavy atom. The van der Waals surface area contributed by atoms with Crippen LogP contribution in [0, 0.1) is 5.82 Å². The number of benzene rings is 3. The van der Waals surface area contributed by atoms with Gasteiger partial charge in [0, 0.05) is 29.7 Å². The first-order valence-electron chi connectivity index (χ1n) is 12.2. The standard InChI is InChI=1S/C25H21ClFN5O2.C3H8S/c26-21-13-19(6-8-23(21)34-14-16-3-1-4-17(27)11-16)31-24-20-12-18(5-7-22(20)29-15-30-24)32-25-28-9-2-10-33-25;1-3-4-2/h1,3-8,11-13,15H,2,9-10,14H2,(H,28,32)(H,29,30,31);3H2,1-2H3. The van der Waals surface area contributed by atoms with Crippen LogP contribution in [0.3, 0.4) is 0 Å². The summed E-state index contributed by atoms with van der Waals surface area (Å²) in [6.07, 6.45) is 4.52. The van der Waals surface area contributed by atoms with E-state index in [0.29, 0.717) is 29.2 Å². The van der Waals surface area contributed by atoms with Gasteiger partial charge in [0.05, 0.1) is 17.1 Å². The van der Waals surface area contributed by atoms with E-state index in [9.17, 15) is 4.39 Å². The van der Waals surface area contributed by atoms with E-state index in [-0.39, 0.29) is 12.4 Å². The smallest absolute Gasteiger partial charge is 0.289 e. The molecule has 0 bridgehead atoms. The zero-order chi connectivity index (χ0) is 26.7. The molecule has 5 rings (SSSR count). The Hall–Kier alpha value is -3.56. The molecule has 0 spiro atoms. The van der Waals surface area contributed by atoms with Crippen molar-refractivity contribution in [2.45, 2.75) is 20.0 Å². The number of amidine groups is 1. The van der Waals surface area contributed by atoms with Gasteiger partial charge in [0.15, 0.2) is 0 Å². The number of thioether (sulfide) groups is 1. The van der Waals surface area contributed by atoms with Crippen molar-refractivity contribution in [3.05, 3.63) is 83.4 Å². The molecule has 7 nitrogen and oxygen atoms in total. The SMILES string of the molecule is CCSC.Fc1cccc(COc2ccc(Nc3ncnc4ccc(NC5=NCCCO5)cc34)cc2Cl)c1. The van der Waals surface area contributed by atoms with Crippen LogP contribution in [0.15, 0.2) is 72.0 Å². The van der Waals surface area contributed by atoms with Gasteiger partial charge in [-0.1, -0.05) is 30.7 Å². The Balaban J connectivity index is 0.000000786. The van der Waals surface area contributed by atoms with E-state index in [1.165, 1.54) is 24.2 Å². The number of halogens is 2. The van der Waals surface area contributed by atoms with Gasteiger partial charge in [-0.05, 0) is 66.1 Å². The molecule has 3 aromatic carbocycles. The molecule has 198 valence electrons. The lowest BCUT2D eigenvalue weighted by atomic mass is 10.2. The van der Waals surface area contributed by atoms with Gasteiger partial charge in [0.2, 0.25) is 0 Å². The van der Waals surface area contributed by atoms with Gasteiger partial charge in [0.25, 0.3) is 6.02 Å². The average Bonchev–Trinajstić information content (AvgIpc) is 2.94. The minimum Gasteiger partial charge on any atom is -0.487 e. The molecule has 2 N–H and O–H groups in total. The highest BCUT2D eigenvalue weighted by Gasteiger charge is 2.11. The predicted molar refractivity (Wildman–Crippen MR) is 156 cm³/mol. The summed E-state index contributed by atoms with van der Waals surface area (Å²) >= 11 is 8.29. The molecular formula is C28H29ClFN5O2S. The lowest BCUT2D eigenvalue weighted by Crippen LogP contribution is -2.21. The fourth-order valence-electron chi connectivity index (χ4n) is 3.51. The van der Waals surface area contributed by atoms with Crippen LogP contribution in [-0.2, 0) is 11.3 Å². The van der Waals surface area contributed by atoms with Gasteiger partial charge in [-0.3, -0.25) is 0 Å². The molecule has 1 aliphatic heterocycles. The molecular weight excluding hydrogens is 525 g/mol. The highest BCUT2D eigenvalue weighted by molar-refractivity contribution is 7.98. The molecule has 0 amide bonds. The topological polar surface area (TPSA) is 80.7 Å². The largest absolute Gasteiger partial charge is 0.487 e. The highest BCUT2D eigenvalue weighted by atomic mass is 35.5. The zero-order valence-electron chi connectivity index (χ0n) is 21.2. The lowest BCUT2D eigenvalue weighted by Gasteiger charge is -2.16. The molecule has 0 unspecified atom stereocenters. The van der Waals surface area contributed by atoms with Crippen LogP contribution < -0.4 is 15.4 Å². The number of hydrogen-bond acceptors (Lipinski definition) is 8. The monoisotopic (exact) mass is 553 g/mol. The van der Waals surface area contributed by atoms with Crippen molar-refractivity contribution in [1.29, 1.82) is 0 Å². The fourth-order valence-corrected chi connectivity index (χ4v) is 3.75. The molecule has 1 aliphatic rings. The summed E-state index contributed by atoms with van der Waals surface area (Å²) in [5.74, 6) is 2.06. The van der Waals surface area contributed by atoms with Crippen molar-refractivity contribution in [3.63, 3.8) is 0 Å². The van der Waals surface area contributed by atoms with Gasteiger partial charge in [0.1, 0.15) is 30.3 Å². The quantitative estimate of drug-likeness (QED) is 0.248. The zero-order valence-corrected chi connectivity index (χ0v) is 22.8. The van der Waals surface area contributed by atoms with Crippen LogP contribution in [0.5, 0.6) is 5.75 Å². The van der Waals surface area contributed by atoms with E-state index in [4.69, 9.17) is 21.1 Å². The van der Waals surface area contributed by atoms with Crippen molar-refractivity contribution < 1.29 is 13.9 Å². The molecule has 10 heteroatoms. The summed E-state index contributed by atoms with van der Waals surface area (Å²) in [6.45, 7) is 3.75. The van der Waals surface area contributed by atoms with E-state index in [1.54, 1.807) is 24.3 Å². The van der Waals surface area contributed by atoms with Gasteiger partial charge in [-0.15, -0.1) is 0 Å². The number of nitrogens with zero attached hydrogens (tertiary/aromatic N) is 3. The van der Waals surface area contributed by atoms with Gasteiger partial charge >= 0.3 is 0 Å². The minimum atomic E-state index is -0.304. The first-order chi connectivity index (χ1) is 18.6. The molecule has 0 saturated carbocycles. The molecule has 0 atom stereocenters. The van der Waals surface area contributed by atoms with Crippen LogP contribution in [0.4, 0.5) is 21.6 Å². The average molecular weight is 554 g/mol. The Labute approximate surface area is 230 Å². The molecule has 0 radical (unpaired) electrons. The minimum absolute atomic E-state index is 0.214. The van der Waals surface area contributed by atoms with E-state index in [2.05, 4.69) is 38.8 Å². The van der Waals surface area contributed by atoms with Crippen molar-refractivity contribution in [2.75, 3.05) is 35.8 Å². The van der Waals surface area contributed by atoms with Crippen molar-refractivity contribution >= 4 is 57.5 Å². The van der Waals surface area contributed by atoms with Crippen molar-refractivity contribution in [2.24, 2.45) is 4.99 Å². The molecule has 0 saturated heterocycles. The van der Waals surface area contributed by atoms with Gasteiger partial charge in [-0.2, -0.15) is 11.8 Å². The highest BCUT2D eigenvalue weighted by Crippen LogP contribution is 2.31. The van der Waals surface area contributed by atoms with Crippen molar-refractivity contribution in [1.82, 2.24) is 9.97 Å². The van der Waals surface area contributed by atoms with E-state index >= 15 is 0 Å². The molecule has 1 aromatic heterocycles. The first kappa shape index (κ1) is 27.5. The van der Waals surface area contributed by atoms with Crippen LogP contribution in [-0.4, -0.2) is 41.1 Å². The number of anilines is 3. The molecule has 38 heavy (non-hydrogen) atoms. The second-order valence-electron chi connectivity index (χ2n) is 8.23. The number of fused-ring (bicyclic) bond motifs is 1. The van der Waals surface area contributed by atoms with Crippen LogP contribution in [0.2, 0.25) is 5.02 Å². The summed E-state index contributed by atoms with van der Waals surface area (Å²) < 4.78 is 24.7. The number of aliphatic imine (C=N–C) groups is 1.